The molecule has 0 saturated heterocycles. The van der Waals surface area contributed by atoms with Crippen LogP contribution in [0.1, 0.15) is 0 Å². The molecule has 180 valence electrons. The average Bonchev–Trinajstić information content (AvgIpc) is 3.37. The smallest absolute Gasteiger partial charge is 0.146 e. The quantitative estimate of drug-likeness (QED) is 0.176. The van der Waals surface area contributed by atoms with E-state index in [2.05, 4.69) is 101 Å². The topological polar surface area (TPSA) is 34.4 Å². The van der Waals surface area contributed by atoms with Crippen molar-refractivity contribution in [1.29, 1.82) is 0 Å². The van der Waals surface area contributed by atoms with Crippen LogP contribution in [-0.4, -0.2) is 16.0 Å². The van der Waals surface area contributed by atoms with E-state index in [9.17, 15) is 4.57 Å². The lowest BCUT2D eigenvalue weighted by Crippen LogP contribution is -2.15. The minimum Gasteiger partial charge on any atom is -0.314 e. The lowest BCUT2D eigenvalue weighted by molar-refractivity contribution is 0.590. The van der Waals surface area contributed by atoms with Gasteiger partial charge in [-0.25, -0.2) is 4.98 Å². The van der Waals surface area contributed by atoms with Gasteiger partial charge in [-0.1, -0.05) is 97.1 Å². The largest absolute Gasteiger partial charge is 0.314 e. The van der Waals surface area contributed by atoms with E-state index in [0.717, 1.165) is 65.1 Å². The van der Waals surface area contributed by atoms with E-state index in [4.69, 9.17) is 4.98 Å². The fourth-order valence-electron chi connectivity index (χ4n) is 5.94. The molecule has 0 spiro atoms. The number of fused-ring (bicyclic) bond motifs is 11. The second kappa shape index (κ2) is 7.77. The van der Waals surface area contributed by atoms with Crippen LogP contribution in [0, 0.1) is 0 Å². The Bertz CT molecular complexity index is 2300. The minimum atomic E-state index is -2.86. The number of imidazole rings is 1. The first-order valence-corrected chi connectivity index (χ1v) is 15.0. The van der Waals surface area contributed by atoms with Gasteiger partial charge in [0.1, 0.15) is 12.8 Å². The van der Waals surface area contributed by atoms with Gasteiger partial charge in [-0.05, 0) is 52.5 Å². The second-order valence-corrected chi connectivity index (χ2v) is 13.0. The van der Waals surface area contributed by atoms with Gasteiger partial charge in [-0.3, -0.25) is 4.40 Å². The molecule has 0 amide bonds. The van der Waals surface area contributed by atoms with Crippen LogP contribution in [0.2, 0.25) is 0 Å². The molecular weight excluding hydrogens is 483 g/mol. The number of hydrogen-bond acceptors (Lipinski definition) is 2. The molecule has 2 heterocycles. The molecule has 2 aromatic heterocycles. The van der Waals surface area contributed by atoms with Gasteiger partial charge in [0.05, 0.1) is 16.6 Å². The van der Waals surface area contributed by atoms with Crippen LogP contribution in [0.3, 0.4) is 0 Å². The molecular formula is C34H23N2OP. The van der Waals surface area contributed by atoms with Crippen LogP contribution < -0.4 is 10.6 Å². The van der Waals surface area contributed by atoms with E-state index in [-0.39, 0.29) is 0 Å². The van der Waals surface area contributed by atoms with Crippen molar-refractivity contribution >= 4 is 77.7 Å². The summed E-state index contributed by atoms with van der Waals surface area (Å²) in [7, 11) is -2.86. The summed E-state index contributed by atoms with van der Waals surface area (Å²) in [6.45, 7) is 1.88. The molecule has 0 saturated carbocycles. The van der Waals surface area contributed by atoms with Crippen molar-refractivity contribution in [2.24, 2.45) is 0 Å². The normalized spacial score (nSPS) is 13.7. The van der Waals surface area contributed by atoms with Crippen LogP contribution in [-0.2, 0) is 4.57 Å². The van der Waals surface area contributed by atoms with Gasteiger partial charge in [0, 0.05) is 26.8 Å². The Morgan fingerprint density at radius 2 is 1.21 bits per heavy atom. The number of aromatic nitrogens is 2. The molecule has 3 nitrogen and oxygen atoms in total. The van der Waals surface area contributed by atoms with Gasteiger partial charge in [-0.15, -0.1) is 0 Å². The Morgan fingerprint density at radius 3 is 2.08 bits per heavy atom. The molecule has 0 N–H and O–H groups in total. The van der Waals surface area contributed by atoms with Crippen molar-refractivity contribution < 1.29 is 4.57 Å². The lowest BCUT2D eigenvalue weighted by atomic mass is 10.1. The van der Waals surface area contributed by atoms with Crippen LogP contribution in [0.15, 0.2) is 121 Å². The van der Waals surface area contributed by atoms with Crippen molar-refractivity contribution in [3.8, 4) is 0 Å². The van der Waals surface area contributed by atoms with Crippen LogP contribution in [0.5, 0.6) is 0 Å². The standard InChI is InChI=1S/C34H23N2OP/c1-38(37,25-16-14-22-8-2-3-10-24(22)20-25)26-17-18-28-29-12-6-7-13-31(29)36-32-19-15-23-9-4-5-11-27(23)33(32)35-34(36)30(28)21-26/h2-21H,1H3. The predicted octanol–water partition coefficient (Wildman–Crippen LogP) is 8.04. The molecule has 38 heavy (non-hydrogen) atoms. The van der Waals surface area contributed by atoms with Gasteiger partial charge < -0.3 is 4.57 Å². The number of hydrogen-bond donors (Lipinski definition) is 0. The summed E-state index contributed by atoms with van der Waals surface area (Å²) >= 11 is 0. The van der Waals surface area contributed by atoms with Crippen molar-refractivity contribution in [1.82, 2.24) is 9.38 Å². The molecule has 0 aliphatic rings. The highest BCUT2D eigenvalue weighted by Crippen LogP contribution is 2.42. The van der Waals surface area contributed by atoms with Gasteiger partial charge in [0.25, 0.3) is 0 Å². The van der Waals surface area contributed by atoms with E-state index in [1.165, 1.54) is 5.39 Å². The summed E-state index contributed by atoms with van der Waals surface area (Å²) in [4.78, 5) is 5.23. The molecule has 1 atom stereocenters. The highest BCUT2D eigenvalue weighted by Gasteiger charge is 2.23. The Balaban J connectivity index is 1.47. The van der Waals surface area contributed by atoms with Crippen molar-refractivity contribution in [2.75, 3.05) is 6.66 Å². The molecule has 0 radical (unpaired) electrons. The molecule has 8 aromatic rings. The number of pyridine rings is 1. The summed E-state index contributed by atoms with van der Waals surface area (Å²) < 4.78 is 16.7. The molecule has 0 aliphatic heterocycles. The number of rotatable bonds is 2. The zero-order valence-corrected chi connectivity index (χ0v) is 21.7. The molecule has 6 aromatic carbocycles. The maximum Gasteiger partial charge on any atom is 0.146 e. The minimum absolute atomic E-state index is 0.842. The first kappa shape index (κ1) is 21.6. The maximum absolute atomic E-state index is 14.4. The first-order chi connectivity index (χ1) is 18.6. The summed E-state index contributed by atoms with van der Waals surface area (Å²) in [6.07, 6.45) is 0. The summed E-state index contributed by atoms with van der Waals surface area (Å²) in [5, 5.41) is 9.57. The highest BCUT2D eigenvalue weighted by molar-refractivity contribution is 7.78. The zero-order valence-electron chi connectivity index (χ0n) is 20.8. The summed E-state index contributed by atoms with van der Waals surface area (Å²) in [5.41, 5.74) is 4.08. The molecule has 4 heteroatoms. The lowest BCUT2D eigenvalue weighted by Gasteiger charge is -2.17. The van der Waals surface area contributed by atoms with E-state index >= 15 is 0 Å². The van der Waals surface area contributed by atoms with Gasteiger partial charge >= 0.3 is 0 Å². The zero-order chi connectivity index (χ0) is 25.4. The Kier molecular flexibility index (Phi) is 4.42. The number of benzene rings is 6. The SMILES string of the molecule is CP(=O)(c1ccc2ccccc2c1)c1ccc2c3ccccc3n3c4ccc5ccccc5c4nc3c2c1. The fourth-order valence-corrected chi connectivity index (χ4v) is 7.72. The molecule has 1 unspecified atom stereocenters. The fraction of sp³-hybridized carbons (Fsp3) is 0.0294. The van der Waals surface area contributed by atoms with Crippen molar-refractivity contribution in [2.45, 2.75) is 0 Å². The van der Waals surface area contributed by atoms with Crippen LogP contribution in [0.25, 0.3) is 59.9 Å². The average molecular weight is 507 g/mol. The Labute approximate surface area is 219 Å². The third-order valence-electron chi connectivity index (χ3n) is 7.95. The van der Waals surface area contributed by atoms with E-state index in [1.54, 1.807) is 0 Å². The second-order valence-electron chi connectivity index (χ2n) is 10.1. The highest BCUT2D eigenvalue weighted by atomic mass is 31.2. The van der Waals surface area contributed by atoms with Gasteiger partial charge in [0.15, 0.2) is 0 Å². The Hall–Kier alpha value is -4.46. The van der Waals surface area contributed by atoms with Gasteiger partial charge in [-0.2, -0.15) is 0 Å². The number of nitrogens with zero attached hydrogens (tertiary/aromatic N) is 2. The van der Waals surface area contributed by atoms with Crippen LogP contribution >= 0.6 is 7.14 Å². The maximum atomic E-state index is 14.4. The molecule has 0 fully saturated rings. The molecule has 0 aliphatic carbocycles. The third-order valence-corrected chi connectivity index (χ3v) is 10.5. The van der Waals surface area contributed by atoms with E-state index < -0.39 is 7.14 Å². The summed E-state index contributed by atoms with van der Waals surface area (Å²) in [5.74, 6) is 0. The van der Waals surface area contributed by atoms with Crippen LogP contribution in [0.4, 0.5) is 0 Å². The monoisotopic (exact) mass is 506 g/mol. The number of para-hydroxylation sites is 1. The predicted molar refractivity (Wildman–Crippen MR) is 162 cm³/mol. The molecule has 8 rings (SSSR count). The summed E-state index contributed by atoms with van der Waals surface area (Å²) in [6, 6.07) is 41.9. The van der Waals surface area contributed by atoms with Gasteiger partial charge in [0.2, 0.25) is 0 Å². The van der Waals surface area contributed by atoms with Crippen molar-refractivity contribution in [3.05, 3.63) is 121 Å². The Morgan fingerprint density at radius 1 is 0.553 bits per heavy atom. The first-order valence-electron chi connectivity index (χ1n) is 12.8. The molecule has 0 bridgehead atoms. The van der Waals surface area contributed by atoms with E-state index in [1.807, 2.05) is 30.9 Å². The third kappa shape index (κ3) is 2.97. The van der Waals surface area contributed by atoms with Crippen molar-refractivity contribution in [3.63, 3.8) is 0 Å². The van der Waals surface area contributed by atoms with E-state index in [0.29, 0.717) is 0 Å².